The van der Waals surface area contributed by atoms with Crippen LogP contribution in [0.5, 0.6) is 0 Å². The molecule has 0 saturated carbocycles. The van der Waals surface area contributed by atoms with Crippen molar-refractivity contribution in [3.05, 3.63) is 82.9 Å². The van der Waals surface area contributed by atoms with Crippen molar-refractivity contribution in [1.82, 2.24) is 10.2 Å². The molecule has 1 aliphatic carbocycles. The fraction of sp³-hybridized carbons (Fsp3) is 0.360. The topological polar surface area (TPSA) is 110 Å². The van der Waals surface area contributed by atoms with Gasteiger partial charge in [-0.2, -0.15) is 0 Å². The lowest BCUT2D eigenvalue weighted by atomic mass is 9.93. The van der Waals surface area contributed by atoms with Crippen LogP contribution in [0.15, 0.2) is 60.7 Å². The van der Waals surface area contributed by atoms with E-state index < -0.39 is 11.9 Å². The van der Waals surface area contributed by atoms with Crippen molar-refractivity contribution in [3.8, 4) is 0 Å². The van der Waals surface area contributed by atoms with Crippen LogP contribution in [0.25, 0.3) is 0 Å². The largest absolute Gasteiger partial charge is 0.478 e. The zero-order chi connectivity index (χ0) is 23.1. The minimum Gasteiger partial charge on any atom is -0.478 e. The van der Waals surface area contributed by atoms with Crippen molar-refractivity contribution in [2.75, 3.05) is 19.6 Å². The molecule has 0 amide bonds. The third-order valence-electron chi connectivity index (χ3n) is 5.96. The molecular formula is C25H30N2O5. The highest BCUT2D eigenvalue weighted by molar-refractivity contribution is 5.89. The van der Waals surface area contributed by atoms with Gasteiger partial charge in [-0.1, -0.05) is 55.5 Å². The lowest BCUT2D eigenvalue weighted by Gasteiger charge is -2.27. The first kappa shape index (κ1) is 23.7. The third kappa shape index (κ3) is 6.03. The number of nitrogens with zero attached hydrogens (tertiary/aromatic N) is 1. The summed E-state index contributed by atoms with van der Waals surface area (Å²) in [6.45, 7) is 4.83. The van der Waals surface area contributed by atoms with Crippen molar-refractivity contribution in [3.63, 3.8) is 0 Å². The van der Waals surface area contributed by atoms with E-state index in [1.54, 1.807) is 0 Å². The van der Waals surface area contributed by atoms with E-state index in [9.17, 15) is 14.7 Å². The lowest BCUT2D eigenvalue weighted by Crippen LogP contribution is -2.42. The van der Waals surface area contributed by atoms with Crippen molar-refractivity contribution < 1.29 is 24.9 Å². The summed E-state index contributed by atoms with van der Waals surface area (Å²) in [6.07, 6.45) is 2.98. The van der Waals surface area contributed by atoms with Crippen LogP contribution >= 0.6 is 0 Å². The summed E-state index contributed by atoms with van der Waals surface area (Å²) < 4.78 is 0. The van der Waals surface area contributed by atoms with Crippen molar-refractivity contribution >= 4 is 11.9 Å². The highest BCUT2D eigenvalue weighted by Crippen LogP contribution is 2.33. The highest BCUT2D eigenvalue weighted by Gasteiger charge is 2.34. The number of hydrogen-bond acceptors (Lipinski definition) is 5. The summed E-state index contributed by atoms with van der Waals surface area (Å²) in [5.41, 5.74) is 5.58. The molecule has 2 aromatic rings. The number of likely N-dealkylation sites (N-methyl/N-ethyl adjacent to an activating group) is 1. The van der Waals surface area contributed by atoms with E-state index in [0.717, 1.165) is 32.5 Å². The monoisotopic (exact) mass is 438 g/mol. The Kier molecular flexibility index (Phi) is 8.16. The molecule has 1 aliphatic heterocycles. The van der Waals surface area contributed by atoms with Crippen LogP contribution in [0.3, 0.4) is 0 Å². The maximum atomic E-state index is 10.5. The van der Waals surface area contributed by atoms with Crippen LogP contribution in [0.2, 0.25) is 0 Å². The summed E-state index contributed by atoms with van der Waals surface area (Å²) in [4.78, 5) is 21.4. The third-order valence-corrected chi connectivity index (χ3v) is 5.96. The molecule has 2 aromatic carbocycles. The average molecular weight is 439 g/mol. The zero-order valence-corrected chi connectivity index (χ0v) is 18.1. The molecule has 0 aromatic heterocycles. The fourth-order valence-electron chi connectivity index (χ4n) is 4.35. The predicted octanol–water partition coefficient (Wildman–Crippen LogP) is 2.24. The molecule has 4 N–H and O–H groups in total. The van der Waals surface area contributed by atoms with Crippen LogP contribution in [-0.4, -0.2) is 63.9 Å². The molecule has 7 nitrogen and oxygen atoms in total. The van der Waals surface area contributed by atoms with Gasteiger partial charge in [0.25, 0.3) is 0 Å². The Morgan fingerprint density at radius 3 is 1.88 bits per heavy atom. The first-order chi connectivity index (χ1) is 15.4. The number of nitrogens with one attached hydrogen (secondary N) is 1. The van der Waals surface area contributed by atoms with Crippen molar-refractivity contribution in [2.45, 2.75) is 38.0 Å². The molecule has 1 fully saturated rings. The second-order valence-electron chi connectivity index (χ2n) is 8.03. The Hall–Kier alpha value is -3.00. The molecule has 170 valence electrons. The average Bonchev–Trinajstić information content (AvgIpc) is 3.06. The molecular weight excluding hydrogens is 408 g/mol. The van der Waals surface area contributed by atoms with Crippen LogP contribution in [0, 0.1) is 0 Å². The van der Waals surface area contributed by atoms with Gasteiger partial charge in [-0.25, -0.2) is 9.59 Å². The van der Waals surface area contributed by atoms with E-state index in [2.05, 4.69) is 65.7 Å². The number of aryl methyl sites for hydroxylation is 2. The first-order valence-corrected chi connectivity index (χ1v) is 10.8. The molecule has 1 heterocycles. The van der Waals surface area contributed by atoms with E-state index in [0.29, 0.717) is 12.2 Å². The van der Waals surface area contributed by atoms with Crippen LogP contribution in [-0.2, 0) is 22.4 Å². The van der Waals surface area contributed by atoms with Crippen LogP contribution in [0.4, 0.5) is 0 Å². The van der Waals surface area contributed by atoms with E-state index in [1.165, 1.54) is 22.3 Å². The Morgan fingerprint density at radius 2 is 1.44 bits per heavy atom. The molecule has 2 atom stereocenters. The first-order valence-electron chi connectivity index (χ1n) is 10.8. The molecule has 0 spiro atoms. The minimum atomic E-state index is -1.26. The number of aliphatic hydroxyl groups excluding tert-OH is 1. The Balaban J connectivity index is 0.000000312. The molecule has 2 aliphatic rings. The highest BCUT2D eigenvalue weighted by atomic mass is 16.4. The molecule has 4 rings (SSSR count). The van der Waals surface area contributed by atoms with E-state index in [-0.39, 0.29) is 18.2 Å². The maximum Gasteiger partial charge on any atom is 0.328 e. The summed E-state index contributed by atoms with van der Waals surface area (Å²) in [6, 6.07) is 17.8. The molecule has 0 bridgehead atoms. The number of carbonyl (C=O) groups is 2. The Bertz CT molecular complexity index is 911. The van der Waals surface area contributed by atoms with Gasteiger partial charge >= 0.3 is 11.9 Å². The van der Waals surface area contributed by atoms with Gasteiger partial charge in [-0.15, -0.1) is 0 Å². The zero-order valence-electron chi connectivity index (χ0n) is 18.1. The van der Waals surface area contributed by atoms with E-state index in [4.69, 9.17) is 10.2 Å². The van der Waals surface area contributed by atoms with Crippen molar-refractivity contribution in [2.24, 2.45) is 0 Å². The molecule has 0 unspecified atom stereocenters. The molecule has 1 saturated heterocycles. The number of aliphatic carboxylic acids is 2. The lowest BCUT2D eigenvalue weighted by molar-refractivity contribution is -0.134. The number of aliphatic hydroxyl groups is 1. The van der Waals surface area contributed by atoms with E-state index in [1.807, 2.05) is 0 Å². The second kappa shape index (κ2) is 11.0. The number of fused-ring (bicyclic) bond motifs is 2. The summed E-state index contributed by atoms with van der Waals surface area (Å²) >= 11 is 0. The van der Waals surface area contributed by atoms with Crippen LogP contribution in [0.1, 0.15) is 35.2 Å². The smallest absolute Gasteiger partial charge is 0.328 e. The number of β-amino-alcohol motifs (C(OH)–C–C–N with tert-alkyl or cyclic N) is 1. The van der Waals surface area contributed by atoms with Gasteiger partial charge in [0, 0.05) is 31.3 Å². The predicted molar refractivity (Wildman–Crippen MR) is 122 cm³/mol. The van der Waals surface area contributed by atoms with Gasteiger partial charge in [0.2, 0.25) is 0 Å². The molecule has 32 heavy (non-hydrogen) atoms. The summed E-state index contributed by atoms with van der Waals surface area (Å²) in [5, 5.41) is 29.9. The number of hydrogen-bond donors (Lipinski definition) is 4. The Labute approximate surface area is 188 Å². The minimum absolute atomic E-state index is 0.120. The number of carboxylic acid groups (broad SMARTS) is 2. The standard InChI is InChI=1S/C21H26N2O.C4H4O4/c1-2-23-13-19(20(24)14-23)22-21-17-9-5-3-7-15(17)11-12-16-8-4-6-10-18(16)21;5-3(6)1-2-4(7)8/h3-10,19-22,24H,2,11-14H2,1H3;1-2H,(H,5,6)(H,7,8)/b;2-1+/t19-,20-;/m0./s1. The van der Waals surface area contributed by atoms with Gasteiger partial charge in [-0.3, -0.25) is 10.2 Å². The molecule has 7 heteroatoms. The SMILES string of the molecule is CCN1C[C@H](NC2c3ccccc3CCc3ccccc32)[C@@H](O)C1.O=C(O)/C=C/C(=O)O. The second-order valence-corrected chi connectivity index (χ2v) is 8.03. The van der Waals surface area contributed by atoms with Crippen molar-refractivity contribution in [1.29, 1.82) is 0 Å². The number of likely N-dealkylation sites (tertiary alicyclic amines) is 1. The van der Waals surface area contributed by atoms with Gasteiger partial charge in [0.15, 0.2) is 0 Å². The van der Waals surface area contributed by atoms with Gasteiger partial charge in [0.1, 0.15) is 0 Å². The number of carboxylic acids is 2. The summed E-state index contributed by atoms with van der Waals surface area (Å²) in [7, 11) is 0. The molecule has 0 radical (unpaired) electrons. The number of rotatable bonds is 5. The van der Waals surface area contributed by atoms with Gasteiger partial charge in [0.05, 0.1) is 12.1 Å². The Morgan fingerprint density at radius 1 is 0.938 bits per heavy atom. The van der Waals surface area contributed by atoms with Gasteiger partial charge < -0.3 is 15.3 Å². The number of benzene rings is 2. The quantitative estimate of drug-likeness (QED) is 0.530. The van der Waals surface area contributed by atoms with E-state index >= 15 is 0 Å². The normalized spacial score (nSPS) is 20.7. The van der Waals surface area contributed by atoms with Gasteiger partial charge in [-0.05, 0) is 41.6 Å². The summed E-state index contributed by atoms with van der Waals surface area (Å²) in [5.74, 6) is -2.51. The maximum absolute atomic E-state index is 10.5. The van der Waals surface area contributed by atoms with Crippen LogP contribution < -0.4 is 5.32 Å². The fourth-order valence-corrected chi connectivity index (χ4v) is 4.35.